The SMILES string of the molecule is CC(C)(C)C(C)(O)C(F)(F)F.CC(C)(C)CN1CCNS1(=O)=O.CC(C)(C)CN1c2ccccc2NS1(=O)=O.CC(C)(C)c1ccc2c(c1)CS(=O)(=O)C2.CC(C)(C)c1ccccc1.CC(C)(C)c1ccccc1.CN(C)S(=O)(=O)N(C)C.CN(C)S(=O)(=O)N(C)CC(C)(C)C.CN1CCNS1(=O)=O. The van der Waals surface area contributed by atoms with Crippen LogP contribution in [0.15, 0.2) is 103 Å². The molecule has 23 nitrogen and oxygen atoms in total. The van der Waals surface area contributed by atoms with Crippen molar-refractivity contribution in [1.29, 1.82) is 0 Å². The number of nitrogens with one attached hydrogen (secondary N) is 3. The monoisotopic (exact) mass is 1590 g/mol. The standard InChI is InChI=1S/C12H16O2S.C11H16N2O2S.2C10H14.C8H20N2O2S.C7H13F3O.C7H16N2O2S.C4H12N2O2S.C3H8N2O2S/c1-12(2,3)11-5-4-9-7-15(13,14)8-10(9)6-11;1-11(2,3)8-13-10-7-5-4-6-9(10)12-16(13,14)15;2*1-10(2,3)9-7-5-4-6-8-9;1-8(2,3)7-10(6)13(11,12)9(4)5;1-5(2,3)6(4,11)7(8,9)10;1-7(2,3)6-9-5-4-8-12(9,10)11;1-5(2)9(7,8)6(3)4;1-5-3-2-4-8(5,6)7/h4-6H,7-8H2,1-3H3;4-7,12H,8H2,1-3H3;2*4-8H,1-3H3;7H2,1-6H3;11H,1-4H3;8H,4-6H2,1-3H3;1-4H3;4H,2-3H2,1H3. The summed E-state index contributed by atoms with van der Waals surface area (Å²) in [6.07, 6.45) is -4.56. The minimum absolute atomic E-state index is 0.0160. The van der Waals surface area contributed by atoms with E-state index in [0.29, 0.717) is 62.3 Å². The van der Waals surface area contributed by atoms with Crippen LogP contribution in [0.1, 0.15) is 180 Å². The Morgan fingerprint density at radius 2 is 0.846 bits per heavy atom. The van der Waals surface area contributed by atoms with Gasteiger partial charge in [0.25, 0.3) is 40.8 Å². The van der Waals surface area contributed by atoms with Gasteiger partial charge >= 0.3 is 16.4 Å². The van der Waals surface area contributed by atoms with Crippen molar-refractivity contribution in [2.45, 2.75) is 192 Å². The molecule has 4 heterocycles. The van der Waals surface area contributed by atoms with Gasteiger partial charge in [-0.1, -0.05) is 236 Å². The molecule has 1 atom stereocenters. The summed E-state index contributed by atoms with van der Waals surface area (Å²) in [4.78, 5) is 0. The van der Waals surface area contributed by atoms with Crippen LogP contribution in [-0.2, 0) is 88.6 Å². The predicted octanol–water partition coefficient (Wildman–Crippen LogP) is 12.0. The van der Waals surface area contributed by atoms with Crippen LogP contribution in [0.25, 0.3) is 0 Å². The maximum Gasteiger partial charge on any atom is 0.417 e. The second kappa shape index (κ2) is 38.3. The number of para-hydroxylation sites is 2. The van der Waals surface area contributed by atoms with Gasteiger partial charge in [0.15, 0.2) is 15.4 Å². The summed E-state index contributed by atoms with van der Waals surface area (Å²) in [5.74, 6) is 0.430. The number of anilines is 2. The van der Waals surface area contributed by atoms with Gasteiger partial charge in [-0.15, -0.1) is 0 Å². The minimum atomic E-state index is -4.56. The number of rotatable bonds is 7. The van der Waals surface area contributed by atoms with Crippen LogP contribution in [0.5, 0.6) is 0 Å². The summed E-state index contributed by atoms with van der Waals surface area (Å²) >= 11 is 0. The zero-order chi connectivity index (χ0) is 82.1. The van der Waals surface area contributed by atoms with Gasteiger partial charge in [-0.2, -0.15) is 81.1 Å². The molecule has 4 aromatic carbocycles. The molecule has 4 N–H and O–H groups in total. The molecule has 0 radical (unpaired) electrons. The molecule has 32 heteroatoms. The first kappa shape index (κ1) is 99.6. The van der Waals surface area contributed by atoms with E-state index in [9.17, 15) is 63.7 Å². The first-order valence-corrected chi connectivity index (χ1v) is 42.9. The maximum atomic E-state index is 12.1. The van der Waals surface area contributed by atoms with Crippen LogP contribution in [-0.4, -0.2) is 195 Å². The second-order valence-corrected chi connectivity index (χ2v) is 46.1. The van der Waals surface area contributed by atoms with Crippen molar-refractivity contribution in [2.75, 3.05) is 111 Å². The average Bonchev–Trinajstić information content (AvgIpc) is 1.56. The number of hydrogen-bond acceptors (Lipinski definition) is 13. The molecule has 0 amide bonds. The van der Waals surface area contributed by atoms with Gasteiger partial charge in [0.05, 0.1) is 22.9 Å². The maximum absolute atomic E-state index is 12.1. The van der Waals surface area contributed by atoms with Gasteiger partial charge in [-0.3, -0.25) is 9.03 Å². The number of halogens is 3. The molecule has 8 rings (SSSR count). The number of alkyl halides is 3. The van der Waals surface area contributed by atoms with Gasteiger partial charge in [-0.05, 0) is 84.8 Å². The van der Waals surface area contributed by atoms with E-state index in [-0.39, 0.29) is 33.2 Å². The molecule has 0 spiro atoms. The second-order valence-electron chi connectivity index (χ2n) is 34.2. The topological polar surface area (TPSA) is 284 Å². The number of likely N-dealkylation sites (N-methyl/N-ethyl adjacent to an activating group) is 1. The van der Waals surface area contributed by atoms with E-state index in [0.717, 1.165) is 32.3 Å². The summed E-state index contributed by atoms with van der Waals surface area (Å²) in [5, 5.41) is 9.06. The number of benzene rings is 4. The van der Waals surface area contributed by atoms with E-state index in [1.54, 1.807) is 20.2 Å². The number of nitrogens with zero attached hydrogens (tertiary/aromatic N) is 7. The quantitative estimate of drug-likeness (QED) is 0.134. The molecule has 0 saturated carbocycles. The third kappa shape index (κ3) is 34.9. The van der Waals surface area contributed by atoms with E-state index in [2.05, 4.69) is 137 Å². The van der Waals surface area contributed by atoms with Crippen LogP contribution in [0.3, 0.4) is 0 Å². The Hall–Kier alpha value is -4.39. The van der Waals surface area contributed by atoms with Crippen LogP contribution < -0.4 is 18.5 Å². The zero-order valence-corrected chi connectivity index (χ0v) is 72.6. The Bertz CT molecular complexity index is 3930. The molecule has 4 aromatic rings. The highest BCUT2D eigenvalue weighted by atomic mass is 32.2. The van der Waals surface area contributed by atoms with Crippen LogP contribution in [0, 0.1) is 21.7 Å². The lowest BCUT2D eigenvalue weighted by molar-refractivity contribution is -0.286. The third-order valence-electron chi connectivity index (χ3n) is 15.7. The van der Waals surface area contributed by atoms with E-state index in [4.69, 9.17) is 5.11 Å². The first-order chi connectivity index (χ1) is 46.2. The fraction of sp³-hybridized carbons (Fsp3) is 0.667. The smallest absolute Gasteiger partial charge is 0.380 e. The van der Waals surface area contributed by atoms with E-state index in [1.165, 1.54) is 101 Å². The molecule has 0 aliphatic carbocycles. The average molecular weight is 1590 g/mol. The molecule has 602 valence electrons. The molecule has 2 saturated heterocycles. The van der Waals surface area contributed by atoms with Crippen LogP contribution in [0.2, 0.25) is 0 Å². The Morgan fingerprint density at radius 3 is 1.13 bits per heavy atom. The van der Waals surface area contributed by atoms with Crippen molar-refractivity contribution in [1.82, 2.24) is 35.3 Å². The highest BCUT2D eigenvalue weighted by Gasteiger charge is 2.57. The normalized spacial score (nSPS) is 17.7. The van der Waals surface area contributed by atoms with Crippen LogP contribution >= 0.6 is 0 Å². The summed E-state index contributed by atoms with van der Waals surface area (Å²) in [6.45, 7) is 46.6. The first-order valence-electron chi connectivity index (χ1n) is 34.0. The molecule has 4 aliphatic heterocycles. The van der Waals surface area contributed by atoms with Crippen LogP contribution in [0.4, 0.5) is 24.5 Å². The highest BCUT2D eigenvalue weighted by molar-refractivity contribution is 7.94. The third-order valence-corrected chi connectivity index (χ3v) is 25.4. The Labute approximate surface area is 628 Å². The minimum Gasteiger partial charge on any atom is -0.380 e. The van der Waals surface area contributed by atoms with E-state index < -0.39 is 78.1 Å². The summed E-state index contributed by atoms with van der Waals surface area (Å²) in [7, 11) is -6.63. The van der Waals surface area contributed by atoms with Gasteiger partial charge in [0, 0.05) is 102 Å². The van der Waals surface area contributed by atoms with Crippen molar-refractivity contribution >= 4 is 72.3 Å². The van der Waals surface area contributed by atoms with Gasteiger partial charge in [-0.25, -0.2) is 17.9 Å². The van der Waals surface area contributed by atoms with Gasteiger partial charge < -0.3 is 5.11 Å². The van der Waals surface area contributed by atoms with Crippen molar-refractivity contribution in [2.24, 2.45) is 21.7 Å². The molecule has 0 aromatic heterocycles. The van der Waals surface area contributed by atoms with Crippen molar-refractivity contribution < 1.29 is 68.8 Å². The summed E-state index contributed by atoms with van der Waals surface area (Å²) in [5.41, 5.74) is 4.15. The Morgan fingerprint density at radius 1 is 0.462 bits per heavy atom. The molecule has 4 aliphatic rings. The summed E-state index contributed by atoms with van der Waals surface area (Å²) < 4.78 is 188. The van der Waals surface area contributed by atoms with Crippen molar-refractivity contribution in [3.8, 4) is 0 Å². The molecule has 0 bridgehead atoms. The predicted molar refractivity (Wildman–Crippen MR) is 422 cm³/mol. The van der Waals surface area contributed by atoms with Crippen molar-refractivity contribution in [3.05, 3.63) is 131 Å². The fourth-order valence-corrected chi connectivity index (χ4v) is 16.2. The van der Waals surface area contributed by atoms with Gasteiger partial charge in [0.2, 0.25) is 0 Å². The van der Waals surface area contributed by atoms with Crippen molar-refractivity contribution in [3.63, 3.8) is 0 Å². The lowest BCUT2D eigenvalue weighted by Crippen LogP contribution is -2.52. The molecule has 2 fully saturated rings. The molecule has 1 unspecified atom stereocenters. The molecule has 104 heavy (non-hydrogen) atoms. The largest absolute Gasteiger partial charge is 0.417 e. The molecular weight excluding hydrogens is 1460 g/mol. The highest BCUT2D eigenvalue weighted by Crippen LogP contribution is 2.43. The number of sulfone groups is 1. The Balaban J connectivity index is 0.00000116. The van der Waals surface area contributed by atoms with E-state index >= 15 is 0 Å². The van der Waals surface area contributed by atoms with Gasteiger partial charge in [0.1, 0.15) is 0 Å². The molecular formula is C72H129F3N10O13S6. The number of aliphatic hydroxyl groups is 1. The number of hydrogen-bond donors (Lipinski definition) is 4. The zero-order valence-electron chi connectivity index (χ0n) is 67.7. The summed E-state index contributed by atoms with van der Waals surface area (Å²) in [6, 6.07) is 34.4. The lowest BCUT2D eigenvalue weighted by atomic mass is 9.77. The fourth-order valence-electron chi connectivity index (χ4n) is 9.02. The number of fused-ring (bicyclic) bond motifs is 2. The van der Waals surface area contributed by atoms with E-state index in [1.807, 2.05) is 98.7 Å². The lowest BCUT2D eigenvalue weighted by Gasteiger charge is -2.38. The Kier molecular flexibility index (Phi) is 36.7.